The Kier molecular flexibility index (Phi) is 6.95. The Balaban J connectivity index is 2.00. The number of methoxy groups -OCH3 is 1. The van der Waals surface area contributed by atoms with Gasteiger partial charge in [0.2, 0.25) is 9.84 Å². The van der Waals surface area contributed by atoms with E-state index in [9.17, 15) is 18.1 Å². The van der Waals surface area contributed by atoms with E-state index >= 15 is 0 Å². The monoisotopic (exact) mass is 457 g/mol. The maximum atomic E-state index is 13.1. The van der Waals surface area contributed by atoms with E-state index in [1.165, 1.54) is 49.6 Å². The van der Waals surface area contributed by atoms with Gasteiger partial charge in [-0.15, -0.1) is 0 Å². The third-order valence-electron chi connectivity index (χ3n) is 4.34. The van der Waals surface area contributed by atoms with Gasteiger partial charge in [0.25, 0.3) is 0 Å². The first-order chi connectivity index (χ1) is 14.8. The first kappa shape index (κ1) is 22.3. The van der Waals surface area contributed by atoms with Crippen LogP contribution in [0.2, 0.25) is 5.02 Å². The van der Waals surface area contributed by atoms with Gasteiger partial charge >= 0.3 is 0 Å². The summed E-state index contributed by atoms with van der Waals surface area (Å²) in [6.45, 7) is 0.0906. The van der Waals surface area contributed by atoms with Crippen LogP contribution < -0.4 is 9.47 Å². The zero-order chi connectivity index (χ0) is 22.4. The molecule has 0 saturated carbocycles. The molecule has 3 aromatic rings. The highest BCUT2D eigenvalue weighted by Crippen LogP contribution is 2.34. The van der Waals surface area contributed by atoms with E-state index in [1.807, 2.05) is 0 Å². The predicted octanol–water partition coefficient (Wildman–Crippen LogP) is 5.41. The van der Waals surface area contributed by atoms with E-state index in [-0.39, 0.29) is 23.1 Å². The van der Waals surface area contributed by atoms with Gasteiger partial charge in [-0.1, -0.05) is 35.9 Å². The molecule has 0 aliphatic heterocycles. The van der Waals surface area contributed by atoms with Gasteiger partial charge in [-0.2, -0.15) is 5.26 Å². The van der Waals surface area contributed by atoms with Crippen molar-refractivity contribution < 1.29 is 22.3 Å². The molecule has 0 aliphatic carbocycles. The minimum absolute atomic E-state index is 0.0543. The van der Waals surface area contributed by atoms with Gasteiger partial charge in [0.15, 0.2) is 11.5 Å². The van der Waals surface area contributed by atoms with Gasteiger partial charge < -0.3 is 9.47 Å². The fraction of sp³-hybridized carbons (Fsp3) is 0.0870. The first-order valence-electron chi connectivity index (χ1n) is 9.02. The summed E-state index contributed by atoms with van der Waals surface area (Å²) >= 11 is 5.83. The van der Waals surface area contributed by atoms with Crippen LogP contribution in [0.3, 0.4) is 0 Å². The molecular weight excluding hydrogens is 441 g/mol. The summed E-state index contributed by atoms with van der Waals surface area (Å²) < 4.78 is 50.1. The number of benzene rings is 3. The predicted molar refractivity (Wildman–Crippen MR) is 116 cm³/mol. The molecule has 3 rings (SSSR count). The summed E-state index contributed by atoms with van der Waals surface area (Å²) in [6.07, 6.45) is 1.23. The molecule has 0 radical (unpaired) electrons. The Bertz CT molecular complexity index is 1250. The number of para-hydroxylation sites is 1. The molecule has 5 nitrogen and oxygen atoms in total. The van der Waals surface area contributed by atoms with Crippen LogP contribution in [-0.2, 0) is 16.4 Å². The van der Waals surface area contributed by atoms with Gasteiger partial charge in [0, 0.05) is 10.6 Å². The molecule has 31 heavy (non-hydrogen) atoms. The third kappa shape index (κ3) is 5.23. The lowest BCUT2D eigenvalue weighted by molar-refractivity contribution is 0.284. The molecule has 0 bridgehead atoms. The fourth-order valence-corrected chi connectivity index (χ4v) is 4.03. The molecule has 0 N–H and O–H groups in total. The van der Waals surface area contributed by atoms with Crippen molar-refractivity contribution in [3.05, 3.63) is 93.6 Å². The fourth-order valence-electron chi connectivity index (χ4n) is 2.75. The molecule has 0 spiro atoms. The zero-order valence-corrected chi connectivity index (χ0v) is 18.0. The van der Waals surface area contributed by atoms with Gasteiger partial charge in [-0.05, 0) is 54.1 Å². The molecule has 0 aliphatic rings. The van der Waals surface area contributed by atoms with E-state index < -0.39 is 14.7 Å². The van der Waals surface area contributed by atoms with E-state index in [2.05, 4.69) is 0 Å². The van der Waals surface area contributed by atoms with E-state index in [4.69, 9.17) is 21.1 Å². The van der Waals surface area contributed by atoms with Gasteiger partial charge in [0.1, 0.15) is 23.4 Å². The lowest BCUT2D eigenvalue weighted by Crippen LogP contribution is -2.04. The number of hydrogen-bond acceptors (Lipinski definition) is 5. The summed E-state index contributed by atoms with van der Waals surface area (Å²) in [7, 11) is -2.62. The van der Waals surface area contributed by atoms with Crippen molar-refractivity contribution in [1.82, 2.24) is 0 Å². The number of nitrogens with zero attached hydrogens (tertiary/aromatic N) is 1. The van der Waals surface area contributed by atoms with Crippen LogP contribution in [0.1, 0.15) is 11.1 Å². The van der Waals surface area contributed by atoms with Crippen LogP contribution in [-0.4, -0.2) is 15.5 Å². The van der Waals surface area contributed by atoms with Crippen molar-refractivity contribution in [2.24, 2.45) is 0 Å². The van der Waals surface area contributed by atoms with Crippen molar-refractivity contribution in [1.29, 1.82) is 5.26 Å². The topological polar surface area (TPSA) is 76.4 Å². The van der Waals surface area contributed by atoms with Crippen molar-refractivity contribution in [2.45, 2.75) is 11.5 Å². The standard InChI is InChI=1S/C23H17ClFNO4S/c1-29-22-4-2-3-17(23(22)30-15-16-5-9-19(25)10-6-16)13-21(14-26)31(27,28)20-11-7-18(24)8-12-20/h2-13H,15H2,1H3. The summed E-state index contributed by atoms with van der Waals surface area (Å²) in [5, 5.41) is 9.94. The smallest absolute Gasteiger partial charge is 0.216 e. The number of ether oxygens (including phenoxy) is 2. The zero-order valence-electron chi connectivity index (χ0n) is 16.4. The quantitative estimate of drug-likeness (QED) is 0.443. The summed E-state index contributed by atoms with van der Waals surface area (Å²) in [5.41, 5.74) is 1.05. The average molecular weight is 458 g/mol. The molecule has 158 valence electrons. The van der Waals surface area contributed by atoms with Crippen molar-refractivity contribution in [3.8, 4) is 17.6 Å². The van der Waals surface area contributed by atoms with Crippen LogP contribution in [0.25, 0.3) is 6.08 Å². The normalized spacial score (nSPS) is 11.6. The Hall–Kier alpha value is -3.34. The van der Waals surface area contributed by atoms with Crippen LogP contribution in [0.5, 0.6) is 11.5 Å². The highest BCUT2D eigenvalue weighted by molar-refractivity contribution is 7.95. The van der Waals surface area contributed by atoms with E-state index in [0.29, 0.717) is 21.9 Å². The highest BCUT2D eigenvalue weighted by atomic mass is 35.5. The van der Waals surface area contributed by atoms with Crippen molar-refractivity contribution >= 4 is 27.5 Å². The molecule has 3 aromatic carbocycles. The maximum absolute atomic E-state index is 13.1. The van der Waals surface area contributed by atoms with Gasteiger partial charge in [-0.3, -0.25) is 0 Å². The molecule has 0 fully saturated rings. The molecule has 0 unspecified atom stereocenters. The van der Waals surface area contributed by atoms with Gasteiger partial charge in [-0.25, -0.2) is 12.8 Å². The van der Waals surface area contributed by atoms with Crippen molar-refractivity contribution in [2.75, 3.05) is 7.11 Å². The summed E-state index contributed by atoms with van der Waals surface area (Å²) in [4.78, 5) is -0.518. The van der Waals surface area contributed by atoms with E-state index in [1.54, 1.807) is 36.4 Å². The molecule has 0 aromatic heterocycles. The molecule has 0 saturated heterocycles. The van der Waals surface area contributed by atoms with Crippen molar-refractivity contribution in [3.63, 3.8) is 0 Å². The molecule has 8 heteroatoms. The lowest BCUT2D eigenvalue weighted by atomic mass is 10.1. The second-order valence-corrected chi connectivity index (χ2v) is 8.73. The number of rotatable bonds is 7. The molecular formula is C23H17ClFNO4S. The number of allylic oxidation sites excluding steroid dienone is 1. The second-order valence-electron chi connectivity index (χ2n) is 6.37. The summed E-state index contributed by atoms with van der Waals surface area (Å²) in [5.74, 6) is 0.251. The SMILES string of the molecule is COc1cccc(C=C(C#N)S(=O)(=O)c2ccc(Cl)cc2)c1OCc1ccc(F)cc1. The molecule has 0 heterocycles. The van der Waals surface area contributed by atoms with Crippen LogP contribution in [0.15, 0.2) is 76.5 Å². The number of hydrogen-bond donors (Lipinski definition) is 0. The average Bonchev–Trinajstić information content (AvgIpc) is 2.77. The Morgan fingerprint density at radius 3 is 2.39 bits per heavy atom. The maximum Gasteiger partial charge on any atom is 0.216 e. The second kappa shape index (κ2) is 9.65. The van der Waals surface area contributed by atoms with Crippen LogP contribution in [0.4, 0.5) is 4.39 Å². The van der Waals surface area contributed by atoms with Crippen LogP contribution in [0, 0.1) is 17.1 Å². The first-order valence-corrected chi connectivity index (χ1v) is 10.9. The number of nitriles is 1. The summed E-state index contributed by atoms with van der Waals surface area (Å²) in [6, 6.07) is 18.0. The number of halogens is 2. The van der Waals surface area contributed by atoms with E-state index in [0.717, 1.165) is 0 Å². The van der Waals surface area contributed by atoms with Crippen LogP contribution >= 0.6 is 11.6 Å². The molecule has 0 amide bonds. The Morgan fingerprint density at radius 1 is 1.10 bits per heavy atom. The lowest BCUT2D eigenvalue weighted by Gasteiger charge is -2.14. The molecule has 0 atom stereocenters. The highest BCUT2D eigenvalue weighted by Gasteiger charge is 2.22. The number of sulfone groups is 1. The minimum Gasteiger partial charge on any atom is -0.493 e. The largest absolute Gasteiger partial charge is 0.493 e. The Morgan fingerprint density at radius 2 is 1.77 bits per heavy atom. The third-order valence-corrected chi connectivity index (χ3v) is 6.27. The minimum atomic E-state index is -4.07. The van der Waals surface area contributed by atoms with Gasteiger partial charge in [0.05, 0.1) is 12.0 Å². The Labute approximate surface area is 184 Å².